The summed E-state index contributed by atoms with van der Waals surface area (Å²) in [6, 6.07) is -0.531. The number of halogens is 1. The average Bonchev–Trinajstić information content (AvgIpc) is 2.66. The first-order valence-corrected chi connectivity index (χ1v) is 7.86. The van der Waals surface area contributed by atoms with Crippen molar-refractivity contribution in [1.29, 1.82) is 0 Å². The lowest BCUT2D eigenvalue weighted by Gasteiger charge is -2.14. The molecule has 6 nitrogen and oxygen atoms in total. The van der Waals surface area contributed by atoms with Gasteiger partial charge in [-0.15, -0.1) is 0 Å². The van der Waals surface area contributed by atoms with Crippen molar-refractivity contribution < 1.29 is 13.2 Å². The second kappa shape index (κ2) is 5.71. The minimum absolute atomic E-state index is 0.184. The Kier molecular flexibility index (Phi) is 4.75. The van der Waals surface area contributed by atoms with E-state index in [0.717, 1.165) is 6.42 Å². The molecule has 1 aromatic rings. The van der Waals surface area contributed by atoms with Crippen LogP contribution in [0.1, 0.15) is 32.1 Å². The van der Waals surface area contributed by atoms with Gasteiger partial charge in [0.2, 0.25) is 5.91 Å². The zero-order valence-corrected chi connectivity index (χ0v) is 12.0. The van der Waals surface area contributed by atoms with E-state index in [9.17, 15) is 13.2 Å². The molecule has 0 aromatic carbocycles. The Morgan fingerprint density at radius 3 is 2.67 bits per heavy atom. The van der Waals surface area contributed by atoms with Gasteiger partial charge in [0, 0.05) is 23.4 Å². The molecular weight excluding hydrogens is 278 g/mol. The van der Waals surface area contributed by atoms with Crippen molar-refractivity contribution in [3.8, 4) is 0 Å². The van der Waals surface area contributed by atoms with Crippen molar-refractivity contribution in [2.24, 2.45) is 0 Å². The van der Waals surface area contributed by atoms with Gasteiger partial charge in [-0.2, -0.15) is 0 Å². The highest BCUT2D eigenvalue weighted by atomic mass is 35.7. The van der Waals surface area contributed by atoms with E-state index in [1.807, 2.05) is 6.92 Å². The third-order valence-corrected chi connectivity index (χ3v) is 3.66. The highest BCUT2D eigenvalue weighted by molar-refractivity contribution is 8.13. The molecule has 0 aliphatic heterocycles. The Morgan fingerprint density at radius 1 is 1.61 bits per heavy atom. The standard InChI is InChI=1S/C10H16ClN3O3S/c1-4-5-12-10(15)7(2)14-6-9(13-8(14)3)18(11,16)17/h6-7H,4-5H2,1-3H3,(H,12,15). The summed E-state index contributed by atoms with van der Waals surface area (Å²) in [6.07, 6.45) is 2.11. The number of carbonyl (C=O) groups excluding carboxylic acids is 1. The fourth-order valence-electron chi connectivity index (χ4n) is 1.49. The SMILES string of the molecule is CCCNC(=O)C(C)n1cc(S(=O)(=O)Cl)nc1C. The van der Waals surface area contributed by atoms with E-state index in [2.05, 4.69) is 10.3 Å². The number of rotatable bonds is 5. The van der Waals surface area contributed by atoms with Gasteiger partial charge in [-0.25, -0.2) is 13.4 Å². The van der Waals surface area contributed by atoms with Crippen LogP contribution in [0.2, 0.25) is 0 Å². The minimum Gasteiger partial charge on any atom is -0.354 e. The molecule has 1 amide bonds. The largest absolute Gasteiger partial charge is 0.354 e. The van der Waals surface area contributed by atoms with Gasteiger partial charge in [0.25, 0.3) is 9.05 Å². The van der Waals surface area contributed by atoms with Crippen LogP contribution < -0.4 is 5.32 Å². The number of aryl methyl sites for hydroxylation is 1. The van der Waals surface area contributed by atoms with Crippen molar-refractivity contribution in [1.82, 2.24) is 14.9 Å². The topological polar surface area (TPSA) is 81.1 Å². The van der Waals surface area contributed by atoms with E-state index in [1.54, 1.807) is 13.8 Å². The van der Waals surface area contributed by atoms with E-state index in [-0.39, 0.29) is 10.9 Å². The maximum atomic E-state index is 11.8. The zero-order valence-electron chi connectivity index (χ0n) is 10.5. The van der Waals surface area contributed by atoms with Crippen molar-refractivity contribution in [2.45, 2.75) is 38.3 Å². The van der Waals surface area contributed by atoms with E-state index in [4.69, 9.17) is 10.7 Å². The van der Waals surface area contributed by atoms with Gasteiger partial charge in [-0.3, -0.25) is 4.79 Å². The first-order valence-electron chi connectivity index (χ1n) is 5.55. The predicted molar refractivity (Wildman–Crippen MR) is 68.0 cm³/mol. The first kappa shape index (κ1) is 15.0. The van der Waals surface area contributed by atoms with E-state index in [0.29, 0.717) is 12.4 Å². The van der Waals surface area contributed by atoms with Crippen molar-refractivity contribution in [2.75, 3.05) is 6.54 Å². The molecule has 1 N–H and O–H groups in total. The van der Waals surface area contributed by atoms with Crippen LogP contribution in [0.15, 0.2) is 11.2 Å². The molecule has 0 bridgehead atoms. The molecule has 0 saturated carbocycles. The van der Waals surface area contributed by atoms with Gasteiger partial charge < -0.3 is 9.88 Å². The molecule has 1 aromatic heterocycles. The Balaban J connectivity index is 2.96. The number of imidazole rings is 1. The molecule has 0 aliphatic rings. The fourth-order valence-corrected chi connectivity index (χ4v) is 2.19. The zero-order chi connectivity index (χ0) is 13.9. The van der Waals surface area contributed by atoms with Gasteiger partial charge in [0.05, 0.1) is 0 Å². The van der Waals surface area contributed by atoms with Gasteiger partial charge in [0.15, 0.2) is 5.03 Å². The van der Waals surface area contributed by atoms with Gasteiger partial charge in [-0.05, 0) is 20.3 Å². The lowest BCUT2D eigenvalue weighted by molar-refractivity contribution is -0.123. The summed E-state index contributed by atoms with van der Waals surface area (Å²) in [5, 5.41) is 2.50. The maximum Gasteiger partial charge on any atom is 0.280 e. The quantitative estimate of drug-likeness (QED) is 0.827. The number of carbonyl (C=O) groups is 1. The molecule has 1 atom stereocenters. The first-order chi connectivity index (χ1) is 8.27. The molecule has 0 aliphatic carbocycles. The van der Waals surface area contributed by atoms with Crippen LogP contribution in [-0.2, 0) is 13.8 Å². The molecule has 0 radical (unpaired) electrons. The monoisotopic (exact) mass is 293 g/mol. The number of aromatic nitrogens is 2. The summed E-state index contributed by atoms with van der Waals surface area (Å²) in [7, 11) is 1.34. The van der Waals surface area contributed by atoms with Gasteiger partial charge in [0.1, 0.15) is 11.9 Å². The normalized spacial score (nSPS) is 13.3. The van der Waals surface area contributed by atoms with Crippen LogP contribution in [0.5, 0.6) is 0 Å². The lowest BCUT2D eigenvalue weighted by atomic mass is 10.3. The highest BCUT2D eigenvalue weighted by Crippen LogP contribution is 2.17. The van der Waals surface area contributed by atoms with Gasteiger partial charge >= 0.3 is 0 Å². The third-order valence-electron chi connectivity index (χ3n) is 2.49. The Bertz CT molecular complexity index is 539. The molecule has 102 valence electrons. The summed E-state index contributed by atoms with van der Waals surface area (Å²) in [6.45, 7) is 5.82. The predicted octanol–water partition coefficient (Wildman–Crippen LogP) is 1.21. The summed E-state index contributed by atoms with van der Waals surface area (Å²) < 4.78 is 23.8. The molecule has 1 unspecified atom stereocenters. The molecule has 0 saturated heterocycles. The Hall–Kier alpha value is -1.08. The van der Waals surface area contributed by atoms with Gasteiger partial charge in [-0.1, -0.05) is 6.92 Å². The summed E-state index contributed by atoms with van der Waals surface area (Å²) in [4.78, 5) is 15.6. The average molecular weight is 294 g/mol. The summed E-state index contributed by atoms with van der Waals surface area (Å²) in [5.74, 6) is 0.240. The Morgan fingerprint density at radius 2 is 2.22 bits per heavy atom. The van der Waals surface area contributed by atoms with Crippen molar-refractivity contribution >= 4 is 25.6 Å². The van der Waals surface area contributed by atoms with E-state index in [1.165, 1.54) is 10.8 Å². The summed E-state index contributed by atoms with van der Waals surface area (Å²) >= 11 is 0. The van der Waals surface area contributed by atoms with Crippen LogP contribution in [0.4, 0.5) is 0 Å². The lowest BCUT2D eigenvalue weighted by Crippen LogP contribution is -2.31. The molecule has 1 heterocycles. The molecular formula is C10H16ClN3O3S. The fraction of sp³-hybridized carbons (Fsp3) is 0.600. The van der Waals surface area contributed by atoms with Crippen molar-refractivity contribution in [3.63, 3.8) is 0 Å². The number of nitrogens with one attached hydrogen (secondary N) is 1. The molecule has 0 fully saturated rings. The maximum absolute atomic E-state index is 11.8. The minimum atomic E-state index is -3.87. The third kappa shape index (κ3) is 3.46. The van der Waals surface area contributed by atoms with Crippen LogP contribution in [0, 0.1) is 6.92 Å². The van der Waals surface area contributed by atoms with E-state index >= 15 is 0 Å². The van der Waals surface area contributed by atoms with Crippen LogP contribution in [-0.4, -0.2) is 30.4 Å². The van der Waals surface area contributed by atoms with Crippen molar-refractivity contribution in [3.05, 3.63) is 12.0 Å². The van der Waals surface area contributed by atoms with Crippen LogP contribution >= 0.6 is 10.7 Å². The second-order valence-electron chi connectivity index (χ2n) is 3.94. The molecule has 18 heavy (non-hydrogen) atoms. The second-order valence-corrected chi connectivity index (χ2v) is 6.45. The summed E-state index contributed by atoms with van der Waals surface area (Å²) in [5.41, 5.74) is 0. The smallest absolute Gasteiger partial charge is 0.280 e. The highest BCUT2D eigenvalue weighted by Gasteiger charge is 2.21. The van der Waals surface area contributed by atoms with Crippen LogP contribution in [0.3, 0.4) is 0 Å². The van der Waals surface area contributed by atoms with Crippen LogP contribution in [0.25, 0.3) is 0 Å². The molecule has 1 rings (SSSR count). The molecule has 0 spiro atoms. The number of hydrogen-bond acceptors (Lipinski definition) is 4. The van der Waals surface area contributed by atoms with E-state index < -0.39 is 15.1 Å². The number of amides is 1. The number of nitrogens with zero attached hydrogens (tertiary/aromatic N) is 2. The molecule has 8 heteroatoms. The number of hydrogen-bond donors (Lipinski definition) is 1. The Labute approximate surface area is 111 Å².